The summed E-state index contributed by atoms with van der Waals surface area (Å²) < 4.78 is 27.5. The van der Waals surface area contributed by atoms with Crippen LogP contribution in [-0.2, 0) is 24.4 Å². The lowest BCUT2D eigenvalue weighted by Crippen LogP contribution is -2.59. The Labute approximate surface area is 263 Å². The molecule has 0 radical (unpaired) electrons. The number of nitrogens with zero attached hydrogens (tertiary/aromatic N) is 2. The second-order valence-electron chi connectivity index (χ2n) is 13.1. The molecule has 14 heteroatoms. The molecule has 1 saturated carbocycles. The van der Waals surface area contributed by atoms with Crippen molar-refractivity contribution in [3.05, 3.63) is 29.7 Å². The van der Waals surface area contributed by atoms with Gasteiger partial charge in [-0.3, -0.25) is 9.59 Å². The molecule has 1 aliphatic carbocycles. The van der Waals surface area contributed by atoms with E-state index in [0.29, 0.717) is 38.6 Å². The molecular formula is C30H45N5O7S2. The van der Waals surface area contributed by atoms with Gasteiger partial charge in [-0.25, -0.2) is 18.0 Å². The van der Waals surface area contributed by atoms with E-state index in [-0.39, 0.29) is 22.6 Å². The Balaban J connectivity index is 1.49. The van der Waals surface area contributed by atoms with Gasteiger partial charge in [0.25, 0.3) is 10.0 Å². The van der Waals surface area contributed by atoms with Gasteiger partial charge in [-0.1, -0.05) is 51.8 Å². The smallest absolute Gasteiger partial charge is 0.330 e. The Kier molecular flexibility index (Phi) is 10.5. The maximum atomic E-state index is 13.9. The van der Waals surface area contributed by atoms with Gasteiger partial charge < -0.3 is 26.0 Å². The number of carbonyl (C=O) groups is 4. The van der Waals surface area contributed by atoms with E-state index < -0.39 is 57.0 Å². The number of thiophene rings is 1. The molecule has 244 valence electrons. The second-order valence-corrected chi connectivity index (χ2v) is 16.4. The third-order valence-corrected chi connectivity index (χ3v) is 12.1. The zero-order valence-electron chi connectivity index (χ0n) is 25.9. The number of carbonyl (C=O) groups excluding carboxylic acids is 3. The number of likely N-dealkylation sites (N-methyl/N-ethyl adjacent to an activating group) is 1. The van der Waals surface area contributed by atoms with Crippen molar-refractivity contribution in [3.63, 3.8) is 0 Å². The summed E-state index contributed by atoms with van der Waals surface area (Å²) in [6.07, 6.45) is 8.57. The van der Waals surface area contributed by atoms with Crippen LogP contribution < -0.4 is 16.0 Å². The normalized spacial score (nSPS) is 28.1. The van der Waals surface area contributed by atoms with Crippen LogP contribution in [0.25, 0.3) is 0 Å². The van der Waals surface area contributed by atoms with Crippen molar-refractivity contribution in [3.8, 4) is 0 Å². The summed E-state index contributed by atoms with van der Waals surface area (Å²) in [5.74, 6) is -2.24. The van der Waals surface area contributed by atoms with E-state index >= 15 is 0 Å². The molecule has 2 unspecified atom stereocenters. The molecule has 0 bridgehead atoms. The highest BCUT2D eigenvalue weighted by atomic mass is 32.2. The summed E-state index contributed by atoms with van der Waals surface area (Å²) in [6.45, 7) is 6.04. The Morgan fingerprint density at radius 1 is 1.20 bits per heavy atom. The summed E-state index contributed by atoms with van der Waals surface area (Å²) in [5.41, 5.74) is -1.87. The maximum absolute atomic E-state index is 13.9. The average Bonchev–Trinajstić information content (AvgIpc) is 3.33. The molecule has 1 aromatic rings. The first-order valence-corrected chi connectivity index (χ1v) is 17.6. The van der Waals surface area contributed by atoms with Crippen LogP contribution in [0.5, 0.6) is 0 Å². The molecule has 0 aromatic carbocycles. The molecule has 5 atom stereocenters. The first kappa shape index (κ1) is 33.9. The molecule has 3 aliphatic rings. The highest BCUT2D eigenvalue weighted by molar-refractivity contribution is 7.91. The fourth-order valence-electron chi connectivity index (χ4n) is 5.89. The van der Waals surface area contributed by atoms with Crippen LogP contribution in [0.3, 0.4) is 0 Å². The summed E-state index contributed by atoms with van der Waals surface area (Å²) in [6, 6.07) is 0.295. The SMILES string of the molecule is CN(CC(NC(=O)N[C@H]1CCCCC/C=C\C2C[C@@]2(C(=O)O)NC(=O)[C@@H]2CCCN2C1=O)C(C)(C)C)S(=O)(=O)c1cccs1. The third kappa shape index (κ3) is 7.63. The van der Waals surface area contributed by atoms with Crippen molar-refractivity contribution in [1.82, 2.24) is 25.2 Å². The number of aliphatic carboxylic acids is 1. The number of rotatable bonds is 7. The van der Waals surface area contributed by atoms with E-state index in [1.54, 1.807) is 11.4 Å². The lowest BCUT2D eigenvalue weighted by molar-refractivity contribution is -0.145. The van der Waals surface area contributed by atoms with Gasteiger partial charge in [0.2, 0.25) is 11.8 Å². The van der Waals surface area contributed by atoms with Crippen LogP contribution in [0.2, 0.25) is 0 Å². The highest BCUT2D eigenvalue weighted by Crippen LogP contribution is 2.45. The van der Waals surface area contributed by atoms with E-state index in [1.807, 2.05) is 32.9 Å². The number of carboxylic acid groups (broad SMARTS) is 1. The molecule has 1 saturated heterocycles. The molecule has 2 fully saturated rings. The monoisotopic (exact) mass is 651 g/mol. The van der Waals surface area contributed by atoms with Crippen molar-refractivity contribution in [2.75, 3.05) is 20.1 Å². The van der Waals surface area contributed by atoms with Crippen LogP contribution in [0, 0.1) is 11.3 Å². The maximum Gasteiger partial charge on any atom is 0.330 e. The minimum Gasteiger partial charge on any atom is -0.479 e. The fraction of sp³-hybridized carbons (Fsp3) is 0.667. The largest absolute Gasteiger partial charge is 0.479 e. The number of carboxylic acids is 1. The van der Waals surface area contributed by atoms with Gasteiger partial charge in [-0.15, -0.1) is 11.3 Å². The van der Waals surface area contributed by atoms with Gasteiger partial charge in [0, 0.05) is 32.1 Å². The quantitative estimate of drug-likeness (QED) is 0.329. The molecule has 3 heterocycles. The van der Waals surface area contributed by atoms with E-state index in [2.05, 4.69) is 16.0 Å². The summed E-state index contributed by atoms with van der Waals surface area (Å²) in [7, 11) is -2.26. The Hall–Kier alpha value is -2.97. The van der Waals surface area contributed by atoms with Crippen molar-refractivity contribution < 1.29 is 32.7 Å². The lowest BCUT2D eigenvalue weighted by atomic mass is 9.87. The lowest BCUT2D eigenvalue weighted by Gasteiger charge is -2.35. The molecular weight excluding hydrogens is 606 g/mol. The fourth-order valence-corrected chi connectivity index (χ4v) is 8.27. The predicted molar refractivity (Wildman–Crippen MR) is 166 cm³/mol. The number of allylic oxidation sites excluding steroid dienone is 1. The third-order valence-electron chi connectivity index (χ3n) is 8.87. The number of nitrogens with one attached hydrogen (secondary N) is 3. The molecule has 4 N–H and O–H groups in total. The second kappa shape index (κ2) is 13.6. The van der Waals surface area contributed by atoms with E-state index in [4.69, 9.17) is 0 Å². The van der Waals surface area contributed by atoms with Gasteiger partial charge >= 0.3 is 12.0 Å². The first-order valence-electron chi connectivity index (χ1n) is 15.3. The van der Waals surface area contributed by atoms with Crippen LogP contribution in [0.1, 0.15) is 72.1 Å². The van der Waals surface area contributed by atoms with Gasteiger partial charge in [0.15, 0.2) is 0 Å². The number of hydrogen-bond donors (Lipinski definition) is 4. The van der Waals surface area contributed by atoms with Crippen LogP contribution in [-0.4, -0.2) is 90.3 Å². The van der Waals surface area contributed by atoms with Crippen LogP contribution >= 0.6 is 11.3 Å². The Morgan fingerprint density at radius 2 is 1.95 bits per heavy atom. The molecule has 44 heavy (non-hydrogen) atoms. The average molecular weight is 652 g/mol. The zero-order chi connectivity index (χ0) is 32.3. The molecule has 4 rings (SSSR count). The minimum absolute atomic E-state index is 0.0178. The van der Waals surface area contributed by atoms with Crippen LogP contribution in [0.4, 0.5) is 4.79 Å². The Morgan fingerprint density at radius 3 is 2.61 bits per heavy atom. The van der Waals surface area contributed by atoms with E-state index in [1.165, 1.54) is 22.3 Å². The van der Waals surface area contributed by atoms with Gasteiger partial charge in [-0.2, -0.15) is 4.31 Å². The summed E-state index contributed by atoms with van der Waals surface area (Å²) >= 11 is 1.12. The van der Waals surface area contributed by atoms with Crippen LogP contribution in [0.15, 0.2) is 33.9 Å². The summed E-state index contributed by atoms with van der Waals surface area (Å²) in [5, 5.41) is 20.1. The molecule has 1 aromatic heterocycles. The van der Waals surface area contributed by atoms with Gasteiger partial charge in [-0.05, 0) is 55.4 Å². The molecule has 12 nitrogen and oxygen atoms in total. The van der Waals surface area contributed by atoms with Crippen molar-refractivity contribution in [1.29, 1.82) is 0 Å². The number of hydrogen-bond acceptors (Lipinski definition) is 7. The topological polar surface area (TPSA) is 165 Å². The predicted octanol–water partition coefficient (Wildman–Crippen LogP) is 2.92. The van der Waals surface area contributed by atoms with Crippen molar-refractivity contribution in [2.45, 2.75) is 100 Å². The number of amides is 4. The molecule has 4 amide bonds. The van der Waals surface area contributed by atoms with Gasteiger partial charge in [0.05, 0.1) is 0 Å². The molecule has 2 aliphatic heterocycles. The standard InChI is InChI=1S/C30H45N5O7S2/c1-29(2,3)23(19-34(4)44(41,42)24-15-11-17-43-24)32-28(40)31-21-13-9-7-5-6-8-12-20-18-30(20,27(38)39)33-25(36)22-14-10-16-35(22)26(21)37/h8,11-12,15,17,20-23H,5-7,9-10,13-14,16,18-19H2,1-4H3,(H,33,36)(H,38,39)(H2,31,32,40)/b12-8-/t20?,21-,22-,23?,30+/m0/s1. The Bertz CT molecular complexity index is 1360. The van der Waals surface area contributed by atoms with Crippen molar-refractivity contribution >= 4 is 45.2 Å². The van der Waals surface area contributed by atoms with E-state index in [0.717, 1.165) is 30.6 Å². The molecule has 0 spiro atoms. The first-order chi connectivity index (χ1) is 20.7. The number of fused-ring (bicyclic) bond motifs is 2. The minimum atomic E-state index is -3.74. The summed E-state index contributed by atoms with van der Waals surface area (Å²) in [4.78, 5) is 54.2. The zero-order valence-corrected chi connectivity index (χ0v) is 27.5. The van der Waals surface area contributed by atoms with Crippen molar-refractivity contribution in [2.24, 2.45) is 11.3 Å². The number of urea groups is 1. The van der Waals surface area contributed by atoms with E-state index in [9.17, 15) is 32.7 Å². The highest BCUT2D eigenvalue weighted by Gasteiger charge is 2.61. The van der Waals surface area contributed by atoms with Gasteiger partial charge in [0.1, 0.15) is 21.8 Å². The number of sulfonamides is 1.